The fourth-order valence-corrected chi connectivity index (χ4v) is 4.20. The normalized spacial score (nSPS) is 14.1. The molecule has 0 radical (unpaired) electrons. The van der Waals surface area contributed by atoms with Crippen LogP contribution in [-0.2, 0) is 16.2 Å². The number of nitrogens with one attached hydrogen (secondary N) is 2. The number of nitrogens with zero attached hydrogens (tertiary/aromatic N) is 1. The van der Waals surface area contributed by atoms with E-state index in [4.69, 9.17) is 9.47 Å². The topological polar surface area (TPSA) is 97.0 Å². The molecule has 4 rings (SSSR count). The second-order valence-corrected chi connectivity index (χ2v) is 9.50. The van der Waals surface area contributed by atoms with E-state index >= 15 is 0 Å². The smallest absolute Gasteiger partial charge is 0.329 e. The first-order valence-electron chi connectivity index (χ1n) is 10.8. The first kappa shape index (κ1) is 25.5. The van der Waals surface area contributed by atoms with E-state index in [-0.39, 0.29) is 5.70 Å². The molecular weight excluding hydrogens is 594 g/mol. The van der Waals surface area contributed by atoms with Gasteiger partial charge in [0.05, 0.1) is 17.3 Å². The van der Waals surface area contributed by atoms with Crippen molar-refractivity contribution in [2.75, 3.05) is 19.0 Å². The summed E-state index contributed by atoms with van der Waals surface area (Å²) < 4.78 is 12.8. The number of carbonyl (C=O) groups excluding carboxylic acids is 3. The van der Waals surface area contributed by atoms with E-state index in [0.29, 0.717) is 33.8 Å². The maximum absolute atomic E-state index is 12.8. The number of para-hydroxylation sites is 2. The van der Waals surface area contributed by atoms with Crippen LogP contribution >= 0.6 is 31.9 Å². The number of hydrogen-bond donors (Lipinski definition) is 2. The molecule has 10 heteroatoms. The second-order valence-electron chi connectivity index (χ2n) is 7.73. The Morgan fingerprint density at radius 3 is 2.50 bits per heavy atom. The van der Waals surface area contributed by atoms with Crippen LogP contribution in [0.5, 0.6) is 11.5 Å². The van der Waals surface area contributed by atoms with Crippen molar-refractivity contribution in [3.8, 4) is 11.5 Å². The third-order valence-corrected chi connectivity index (χ3v) is 6.37. The van der Waals surface area contributed by atoms with Gasteiger partial charge in [-0.2, -0.15) is 0 Å². The van der Waals surface area contributed by atoms with Gasteiger partial charge in [0.15, 0.2) is 0 Å². The molecule has 184 valence electrons. The number of urea groups is 1. The Morgan fingerprint density at radius 2 is 1.78 bits per heavy atom. The van der Waals surface area contributed by atoms with Gasteiger partial charge in [0.2, 0.25) is 5.91 Å². The monoisotopic (exact) mass is 613 g/mol. The van der Waals surface area contributed by atoms with Crippen molar-refractivity contribution in [3.63, 3.8) is 0 Å². The number of imide groups is 1. The first-order chi connectivity index (χ1) is 17.3. The van der Waals surface area contributed by atoms with Gasteiger partial charge in [-0.25, -0.2) is 9.69 Å². The highest BCUT2D eigenvalue weighted by molar-refractivity contribution is 9.10. The van der Waals surface area contributed by atoms with Gasteiger partial charge in [-0.15, -0.1) is 0 Å². The minimum Gasteiger partial charge on any atom is -0.495 e. The molecule has 0 saturated carbocycles. The summed E-state index contributed by atoms with van der Waals surface area (Å²) in [5.74, 6) is -0.0175. The second kappa shape index (κ2) is 11.4. The number of benzene rings is 3. The zero-order valence-electron chi connectivity index (χ0n) is 19.1. The number of hydrogen-bond acceptors (Lipinski definition) is 5. The number of halogens is 2. The van der Waals surface area contributed by atoms with Crippen molar-refractivity contribution >= 4 is 61.5 Å². The summed E-state index contributed by atoms with van der Waals surface area (Å²) in [7, 11) is 1.49. The number of rotatable bonds is 8. The van der Waals surface area contributed by atoms with Gasteiger partial charge in [0.1, 0.15) is 30.3 Å². The summed E-state index contributed by atoms with van der Waals surface area (Å²) in [6.07, 6.45) is 1.54. The fraction of sp³-hybridized carbons (Fsp3) is 0.115. The molecule has 1 aliphatic heterocycles. The molecule has 0 unspecified atom stereocenters. The van der Waals surface area contributed by atoms with Crippen LogP contribution < -0.4 is 20.1 Å². The number of amides is 4. The maximum atomic E-state index is 12.8. The SMILES string of the molecule is COc1ccccc1NC(=O)CN1C(=O)N/C(=C/c2ccc(OCc3ccc(Br)cc3)c(Br)c2)C1=O. The molecule has 8 nitrogen and oxygen atoms in total. The van der Waals surface area contributed by atoms with Gasteiger partial charge in [-0.3, -0.25) is 9.59 Å². The third kappa shape index (κ3) is 6.13. The van der Waals surface area contributed by atoms with Gasteiger partial charge in [-0.05, 0) is 69.5 Å². The van der Waals surface area contributed by atoms with Crippen molar-refractivity contribution in [3.05, 3.63) is 92.5 Å². The average Bonchev–Trinajstić information content (AvgIpc) is 3.12. The summed E-state index contributed by atoms with van der Waals surface area (Å²) >= 11 is 6.90. The molecule has 0 spiro atoms. The number of carbonyl (C=O) groups is 3. The van der Waals surface area contributed by atoms with Gasteiger partial charge in [0.25, 0.3) is 5.91 Å². The lowest BCUT2D eigenvalue weighted by molar-refractivity contribution is -0.127. The highest BCUT2D eigenvalue weighted by Crippen LogP contribution is 2.28. The zero-order valence-corrected chi connectivity index (χ0v) is 22.3. The zero-order chi connectivity index (χ0) is 25.7. The lowest BCUT2D eigenvalue weighted by atomic mass is 10.2. The van der Waals surface area contributed by atoms with E-state index < -0.39 is 24.4 Å². The Morgan fingerprint density at radius 1 is 1.03 bits per heavy atom. The molecule has 0 aromatic heterocycles. The van der Waals surface area contributed by atoms with E-state index in [1.165, 1.54) is 7.11 Å². The van der Waals surface area contributed by atoms with Crippen LogP contribution in [0.4, 0.5) is 10.5 Å². The van der Waals surface area contributed by atoms with Crippen LogP contribution in [0.2, 0.25) is 0 Å². The standard InChI is InChI=1S/C26H21Br2N3O5/c1-35-23-5-3-2-4-20(23)29-24(32)14-31-25(33)21(30-26(31)34)13-17-8-11-22(19(28)12-17)36-15-16-6-9-18(27)10-7-16/h2-13H,14-15H2,1H3,(H,29,32)(H,30,34)/b21-13+. The van der Waals surface area contributed by atoms with Crippen LogP contribution in [0.3, 0.4) is 0 Å². The molecule has 0 atom stereocenters. The lowest BCUT2D eigenvalue weighted by Gasteiger charge is -2.13. The third-order valence-electron chi connectivity index (χ3n) is 5.22. The van der Waals surface area contributed by atoms with Crippen LogP contribution in [0.15, 0.2) is 81.4 Å². The van der Waals surface area contributed by atoms with Gasteiger partial charge in [-0.1, -0.05) is 46.3 Å². The maximum Gasteiger partial charge on any atom is 0.329 e. The molecule has 36 heavy (non-hydrogen) atoms. The van der Waals surface area contributed by atoms with E-state index in [2.05, 4.69) is 42.5 Å². The fourth-order valence-electron chi connectivity index (χ4n) is 3.43. The Balaban J connectivity index is 1.40. The summed E-state index contributed by atoms with van der Waals surface area (Å²) in [5, 5.41) is 5.18. The Labute approximate surface area is 224 Å². The molecule has 3 aromatic carbocycles. The average molecular weight is 615 g/mol. The molecular formula is C26H21Br2N3O5. The van der Waals surface area contributed by atoms with E-state index in [9.17, 15) is 14.4 Å². The quantitative estimate of drug-likeness (QED) is 0.264. The van der Waals surface area contributed by atoms with Gasteiger partial charge >= 0.3 is 6.03 Å². The van der Waals surface area contributed by atoms with Crippen molar-refractivity contribution in [1.29, 1.82) is 0 Å². The summed E-state index contributed by atoms with van der Waals surface area (Å²) in [6.45, 7) is -0.0423. The summed E-state index contributed by atoms with van der Waals surface area (Å²) in [6, 6.07) is 19.3. The first-order valence-corrected chi connectivity index (χ1v) is 12.4. The predicted octanol–water partition coefficient (Wildman–Crippen LogP) is 5.33. The van der Waals surface area contributed by atoms with Crippen LogP contribution in [-0.4, -0.2) is 36.4 Å². The highest BCUT2D eigenvalue weighted by atomic mass is 79.9. The Kier molecular flexibility index (Phi) is 8.07. The number of anilines is 1. The van der Waals surface area contributed by atoms with Crippen molar-refractivity contribution in [2.45, 2.75) is 6.61 Å². The molecule has 2 N–H and O–H groups in total. The van der Waals surface area contributed by atoms with Crippen molar-refractivity contribution in [1.82, 2.24) is 10.2 Å². The molecule has 1 aliphatic rings. The lowest BCUT2D eigenvalue weighted by Crippen LogP contribution is -2.38. The van der Waals surface area contributed by atoms with Crippen molar-refractivity contribution in [2.24, 2.45) is 0 Å². The predicted molar refractivity (Wildman–Crippen MR) is 142 cm³/mol. The van der Waals surface area contributed by atoms with Crippen LogP contribution in [0, 0.1) is 0 Å². The molecule has 4 amide bonds. The van der Waals surface area contributed by atoms with E-state index in [1.807, 2.05) is 24.3 Å². The number of ether oxygens (including phenoxy) is 2. The van der Waals surface area contributed by atoms with Crippen LogP contribution in [0.25, 0.3) is 6.08 Å². The van der Waals surface area contributed by atoms with Gasteiger partial charge in [0, 0.05) is 4.47 Å². The summed E-state index contributed by atoms with van der Waals surface area (Å²) in [5.41, 5.74) is 2.20. The summed E-state index contributed by atoms with van der Waals surface area (Å²) in [4.78, 5) is 38.5. The highest BCUT2D eigenvalue weighted by Gasteiger charge is 2.35. The van der Waals surface area contributed by atoms with Crippen LogP contribution in [0.1, 0.15) is 11.1 Å². The molecule has 1 heterocycles. The number of methoxy groups -OCH3 is 1. The molecule has 1 fully saturated rings. The molecule has 0 aliphatic carbocycles. The van der Waals surface area contributed by atoms with Crippen molar-refractivity contribution < 1.29 is 23.9 Å². The minimum atomic E-state index is -0.671. The van der Waals surface area contributed by atoms with E-state index in [1.54, 1.807) is 48.5 Å². The molecule has 1 saturated heterocycles. The molecule has 3 aromatic rings. The van der Waals surface area contributed by atoms with E-state index in [0.717, 1.165) is 14.9 Å². The van der Waals surface area contributed by atoms with Gasteiger partial charge < -0.3 is 20.1 Å². The Hall–Kier alpha value is -3.63. The molecule has 0 bridgehead atoms. The Bertz CT molecular complexity index is 1340. The minimum absolute atomic E-state index is 0.0699. The largest absolute Gasteiger partial charge is 0.495 e.